The number of hydrogen-bond donors (Lipinski definition) is 1. The molecule has 0 saturated carbocycles. The third kappa shape index (κ3) is 7.34. The molecule has 0 aliphatic rings. The zero-order valence-corrected chi connectivity index (χ0v) is 20.0. The van der Waals surface area contributed by atoms with E-state index in [-0.39, 0.29) is 18.2 Å². The van der Waals surface area contributed by atoms with E-state index in [1.165, 1.54) is 19.1 Å². The van der Waals surface area contributed by atoms with Gasteiger partial charge in [-0.25, -0.2) is 4.79 Å². The Kier molecular flexibility index (Phi) is 8.82. The zero-order valence-electron chi connectivity index (χ0n) is 20.0. The maximum Gasteiger partial charge on any atom is 0.416 e. The summed E-state index contributed by atoms with van der Waals surface area (Å²) in [6, 6.07) is 17.6. The van der Waals surface area contributed by atoms with Gasteiger partial charge in [0.25, 0.3) is 0 Å². The van der Waals surface area contributed by atoms with E-state index in [1.807, 2.05) is 0 Å². The van der Waals surface area contributed by atoms with Crippen molar-refractivity contribution in [1.29, 1.82) is 0 Å². The van der Waals surface area contributed by atoms with Crippen molar-refractivity contribution in [3.05, 3.63) is 107 Å². The Morgan fingerprint density at radius 1 is 0.842 bits per heavy atom. The van der Waals surface area contributed by atoms with Gasteiger partial charge in [-0.15, -0.1) is 0 Å². The van der Waals surface area contributed by atoms with Crippen LogP contribution in [0, 0.1) is 0 Å². The summed E-state index contributed by atoms with van der Waals surface area (Å²) in [5.41, 5.74) is -4.31. The number of benzene rings is 3. The number of alkyl carbamates (subject to hydrolysis) is 1. The van der Waals surface area contributed by atoms with Gasteiger partial charge < -0.3 is 19.6 Å². The lowest BCUT2D eigenvalue weighted by Crippen LogP contribution is -2.51. The molecule has 0 radical (unpaired) electrons. The smallest absolute Gasteiger partial charge is 0.416 e. The van der Waals surface area contributed by atoms with Crippen molar-refractivity contribution in [1.82, 2.24) is 5.32 Å². The molecule has 0 fully saturated rings. The third-order valence-corrected chi connectivity index (χ3v) is 5.67. The Morgan fingerprint density at radius 2 is 1.37 bits per heavy atom. The van der Waals surface area contributed by atoms with Crippen LogP contribution in [0.4, 0.5) is 31.1 Å². The fourth-order valence-electron chi connectivity index (χ4n) is 3.57. The minimum Gasteiger partial charge on any atom is -0.445 e. The molecular formula is C27H23F6NO4. The lowest BCUT2D eigenvalue weighted by atomic mass is 9.92. The lowest BCUT2D eigenvalue weighted by molar-refractivity contribution is -0.143. The molecule has 0 heterocycles. The Labute approximate surface area is 214 Å². The number of nitrogens with one attached hydrogen (secondary N) is 1. The molecule has 11 heteroatoms. The Bertz CT molecular complexity index is 1200. The van der Waals surface area contributed by atoms with Crippen molar-refractivity contribution in [2.24, 2.45) is 0 Å². The molecule has 0 spiro atoms. The van der Waals surface area contributed by atoms with E-state index < -0.39 is 53.4 Å². The molecule has 202 valence electrons. The Hall–Kier alpha value is -3.86. The van der Waals surface area contributed by atoms with Gasteiger partial charge in [-0.1, -0.05) is 60.7 Å². The van der Waals surface area contributed by atoms with E-state index >= 15 is 0 Å². The summed E-state index contributed by atoms with van der Waals surface area (Å²) in [5, 5.41) is 2.43. The van der Waals surface area contributed by atoms with Crippen molar-refractivity contribution < 1.29 is 45.4 Å². The average molecular weight is 539 g/mol. The molecule has 3 aromatic carbocycles. The number of carbonyl (C=O) groups excluding carboxylic acids is 2. The molecule has 0 aliphatic heterocycles. The molecule has 0 unspecified atom stereocenters. The topological polar surface area (TPSA) is 64.6 Å². The van der Waals surface area contributed by atoms with E-state index in [4.69, 9.17) is 9.47 Å². The zero-order chi connectivity index (χ0) is 28.0. The van der Waals surface area contributed by atoms with Crippen LogP contribution >= 0.6 is 0 Å². The Morgan fingerprint density at radius 3 is 1.87 bits per heavy atom. The lowest BCUT2D eigenvalue weighted by Gasteiger charge is -2.31. The van der Waals surface area contributed by atoms with Crippen molar-refractivity contribution in [2.45, 2.75) is 37.5 Å². The van der Waals surface area contributed by atoms with Crippen LogP contribution in [0.1, 0.15) is 40.8 Å². The largest absolute Gasteiger partial charge is 0.445 e. The highest BCUT2D eigenvalue weighted by Gasteiger charge is 2.39. The summed E-state index contributed by atoms with van der Waals surface area (Å²) in [5.74, 6) is 0. The van der Waals surface area contributed by atoms with E-state index in [2.05, 4.69) is 5.32 Å². The molecule has 0 aliphatic carbocycles. The molecule has 1 amide bonds. The minimum absolute atomic E-state index is 0.0141. The number of amides is 1. The standard InChI is InChI=1S/C27H23F6NO4/c1-18(20-12-22(26(28,29)30)14-23(13-20)27(31,32)33)38-17-25(16-35,21-10-6-3-7-11-21)34-24(36)37-15-19-8-4-2-5-9-19/h2-14,16,18H,15,17H2,1H3,(H,34,36)/t18-,25-/m1/s1. The van der Waals surface area contributed by atoms with E-state index in [0.717, 1.165) is 0 Å². The van der Waals surface area contributed by atoms with Gasteiger partial charge in [0.1, 0.15) is 12.1 Å². The van der Waals surface area contributed by atoms with Gasteiger partial charge in [0, 0.05) is 0 Å². The number of carbonyl (C=O) groups is 2. The van der Waals surface area contributed by atoms with Crippen molar-refractivity contribution in [2.75, 3.05) is 6.61 Å². The van der Waals surface area contributed by atoms with Gasteiger partial charge in [0.2, 0.25) is 0 Å². The van der Waals surface area contributed by atoms with Crippen LogP contribution in [-0.2, 0) is 38.8 Å². The van der Waals surface area contributed by atoms with Crippen LogP contribution in [0.25, 0.3) is 0 Å². The second-order valence-corrected chi connectivity index (χ2v) is 8.43. The van der Waals surface area contributed by atoms with Crippen LogP contribution in [0.3, 0.4) is 0 Å². The maximum atomic E-state index is 13.3. The minimum atomic E-state index is -5.03. The molecule has 3 rings (SSSR count). The number of hydrogen-bond acceptors (Lipinski definition) is 4. The fraction of sp³-hybridized carbons (Fsp3) is 0.259. The van der Waals surface area contributed by atoms with Gasteiger partial charge in [-0.2, -0.15) is 26.3 Å². The first-order chi connectivity index (χ1) is 17.8. The Balaban J connectivity index is 1.85. The number of rotatable bonds is 9. The van der Waals surface area contributed by atoms with Crippen molar-refractivity contribution in [3.63, 3.8) is 0 Å². The summed E-state index contributed by atoms with van der Waals surface area (Å²) >= 11 is 0. The summed E-state index contributed by atoms with van der Waals surface area (Å²) in [7, 11) is 0. The van der Waals surface area contributed by atoms with Crippen LogP contribution < -0.4 is 5.32 Å². The van der Waals surface area contributed by atoms with Gasteiger partial charge in [0.05, 0.1) is 23.8 Å². The monoisotopic (exact) mass is 539 g/mol. The highest BCUT2D eigenvalue weighted by Crippen LogP contribution is 2.38. The molecule has 1 N–H and O–H groups in total. The molecular weight excluding hydrogens is 516 g/mol. The molecule has 0 aromatic heterocycles. The summed E-state index contributed by atoms with van der Waals surface area (Å²) in [4.78, 5) is 24.9. The van der Waals surface area contributed by atoms with E-state index in [0.29, 0.717) is 24.0 Å². The molecule has 0 bridgehead atoms. The third-order valence-electron chi connectivity index (χ3n) is 5.67. The van der Waals surface area contributed by atoms with Crippen molar-refractivity contribution in [3.8, 4) is 0 Å². The quantitative estimate of drug-likeness (QED) is 0.239. The first-order valence-electron chi connectivity index (χ1n) is 11.3. The van der Waals surface area contributed by atoms with Gasteiger partial charge >= 0.3 is 18.4 Å². The van der Waals surface area contributed by atoms with Gasteiger partial charge in [-0.05, 0) is 41.8 Å². The van der Waals surface area contributed by atoms with E-state index in [9.17, 15) is 35.9 Å². The highest BCUT2D eigenvalue weighted by molar-refractivity contribution is 5.78. The van der Waals surface area contributed by atoms with Crippen LogP contribution in [0.5, 0.6) is 0 Å². The van der Waals surface area contributed by atoms with Crippen LogP contribution in [0.2, 0.25) is 0 Å². The predicted molar refractivity (Wildman–Crippen MR) is 125 cm³/mol. The molecule has 3 aromatic rings. The number of alkyl halides is 6. The first kappa shape index (κ1) is 28.7. The molecule has 38 heavy (non-hydrogen) atoms. The first-order valence-corrected chi connectivity index (χ1v) is 11.3. The second-order valence-electron chi connectivity index (χ2n) is 8.43. The van der Waals surface area contributed by atoms with Crippen molar-refractivity contribution >= 4 is 12.4 Å². The summed E-state index contributed by atoms with van der Waals surface area (Å²) < 4.78 is 90.4. The average Bonchev–Trinajstić information content (AvgIpc) is 2.89. The fourth-order valence-corrected chi connectivity index (χ4v) is 3.57. The number of aldehydes is 1. The molecule has 5 nitrogen and oxygen atoms in total. The normalized spacial score (nSPS) is 14.3. The van der Waals surface area contributed by atoms with Gasteiger partial charge in [0.15, 0.2) is 6.29 Å². The van der Waals surface area contributed by atoms with Gasteiger partial charge in [-0.3, -0.25) is 0 Å². The van der Waals surface area contributed by atoms with Crippen LogP contribution in [0.15, 0.2) is 78.9 Å². The summed E-state index contributed by atoms with van der Waals surface area (Å²) in [6.07, 6.45) is -12.0. The highest BCUT2D eigenvalue weighted by atomic mass is 19.4. The number of ether oxygens (including phenoxy) is 2. The molecule has 0 saturated heterocycles. The number of halogens is 6. The second kappa shape index (κ2) is 11.7. The molecule has 2 atom stereocenters. The SMILES string of the molecule is C[C@@H](OC[C@@](C=O)(NC(=O)OCc1ccccc1)c1ccccc1)c1cc(C(F)(F)F)cc(C(F)(F)F)c1. The van der Waals surface area contributed by atoms with Crippen LogP contribution in [-0.4, -0.2) is 19.0 Å². The predicted octanol–water partition coefficient (Wildman–Crippen LogP) is 6.82. The summed E-state index contributed by atoms with van der Waals surface area (Å²) in [6.45, 7) is 0.516. The van der Waals surface area contributed by atoms with E-state index in [1.54, 1.807) is 48.5 Å². The maximum absolute atomic E-state index is 13.3.